The van der Waals surface area contributed by atoms with Gasteiger partial charge in [-0.25, -0.2) is 13.1 Å². The molecule has 0 atom stereocenters. The maximum atomic E-state index is 12.4. The molecule has 0 saturated carbocycles. The van der Waals surface area contributed by atoms with E-state index in [-0.39, 0.29) is 11.5 Å². The highest BCUT2D eigenvalue weighted by Crippen LogP contribution is 2.18. The second-order valence-electron chi connectivity index (χ2n) is 5.36. The van der Waals surface area contributed by atoms with Gasteiger partial charge in [0.05, 0.1) is 11.5 Å². The molecule has 0 aliphatic carbocycles. The minimum atomic E-state index is -3.51. The molecule has 0 radical (unpaired) electrons. The highest BCUT2D eigenvalue weighted by molar-refractivity contribution is 7.89. The van der Waals surface area contributed by atoms with Crippen molar-refractivity contribution in [3.63, 3.8) is 0 Å². The molecule has 0 fully saturated rings. The van der Waals surface area contributed by atoms with Crippen LogP contribution in [-0.2, 0) is 23.1 Å². The van der Waals surface area contributed by atoms with Crippen molar-refractivity contribution in [1.82, 2.24) is 9.62 Å². The van der Waals surface area contributed by atoms with Crippen molar-refractivity contribution in [2.45, 2.75) is 37.7 Å². The smallest absolute Gasteiger partial charge is 0.240 e. The van der Waals surface area contributed by atoms with E-state index in [9.17, 15) is 8.42 Å². The molecule has 21 heavy (non-hydrogen) atoms. The predicted molar refractivity (Wildman–Crippen MR) is 84.7 cm³/mol. The summed E-state index contributed by atoms with van der Waals surface area (Å²) in [5, 5.41) is 9.17. The van der Waals surface area contributed by atoms with E-state index >= 15 is 0 Å². The van der Waals surface area contributed by atoms with E-state index in [2.05, 4.69) is 9.62 Å². The number of unbranched alkanes of at least 4 members (excludes halogenated alkanes) is 1. The highest BCUT2D eigenvalue weighted by Gasteiger charge is 2.17. The molecular formula is C15H26N2O3S. The summed E-state index contributed by atoms with van der Waals surface area (Å²) in [5.41, 5.74) is 1.38. The maximum Gasteiger partial charge on any atom is 0.240 e. The third-order valence-electron chi connectivity index (χ3n) is 3.31. The van der Waals surface area contributed by atoms with E-state index < -0.39 is 10.0 Å². The normalized spacial score (nSPS) is 12.0. The summed E-state index contributed by atoms with van der Waals surface area (Å²) < 4.78 is 27.4. The fourth-order valence-electron chi connectivity index (χ4n) is 2.08. The summed E-state index contributed by atoms with van der Waals surface area (Å²) in [5.74, 6) is 0. The molecule has 120 valence electrons. The van der Waals surface area contributed by atoms with Crippen molar-refractivity contribution in [1.29, 1.82) is 0 Å². The number of nitrogens with one attached hydrogen (secondary N) is 1. The Hall–Kier alpha value is -0.950. The molecule has 0 aliphatic heterocycles. The minimum Gasteiger partial charge on any atom is -0.392 e. The highest BCUT2D eigenvalue weighted by atomic mass is 32.2. The zero-order chi connectivity index (χ0) is 15.9. The van der Waals surface area contributed by atoms with Crippen LogP contribution in [0.3, 0.4) is 0 Å². The van der Waals surface area contributed by atoms with Crippen molar-refractivity contribution in [2.24, 2.45) is 0 Å². The molecule has 0 heterocycles. The number of benzene rings is 1. The van der Waals surface area contributed by atoms with Crippen LogP contribution in [0.1, 0.15) is 30.9 Å². The lowest BCUT2D eigenvalue weighted by atomic mass is 10.1. The number of aliphatic hydroxyl groups excluding tert-OH is 1. The number of sulfonamides is 1. The summed E-state index contributed by atoms with van der Waals surface area (Å²) >= 11 is 0. The van der Waals surface area contributed by atoms with Gasteiger partial charge in [-0.2, -0.15) is 0 Å². The Morgan fingerprint density at radius 1 is 1.24 bits per heavy atom. The third-order valence-corrected chi connectivity index (χ3v) is 4.85. The van der Waals surface area contributed by atoms with Crippen molar-refractivity contribution in [3.8, 4) is 0 Å². The van der Waals surface area contributed by atoms with Gasteiger partial charge in [-0.3, -0.25) is 0 Å². The lowest BCUT2D eigenvalue weighted by Crippen LogP contribution is -2.26. The van der Waals surface area contributed by atoms with Crippen LogP contribution in [0.2, 0.25) is 0 Å². The third kappa shape index (κ3) is 5.74. The SMILES string of the molecule is CCc1ccc(CO)cc1S(=O)(=O)NCCCCN(C)C. The first-order valence-corrected chi connectivity index (χ1v) is 8.76. The second-order valence-corrected chi connectivity index (χ2v) is 7.10. The van der Waals surface area contributed by atoms with E-state index in [0.29, 0.717) is 18.5 Å². The van der Waals surface area contributed by atoms with Gasteiger partial charge in [-0.05, 0) is 57.1 Å². The predicted octanol–water partition coefficient (Wildman–Crippen LogP) is 1.36. The standard InChI is InChI=1S/C15H26N2O3S/c1-4-14-8-7-13(12-18)11-15(14)21(19,20)16-9-5-6-10-17(2)3/h7-8,11,16,18H,4-6,9-10,12H2,1-3H3. The van der Waals surface area contributed by atoms with E-state index in [0.717, 1.165) is 24.9 Å². The van der Waals surface area contributed by atoms with Gasteiger partial charge in [0.2, 0.25) is 10.0 Å². The van der Waals surface area contributed by atoms with Crippen molar-refractivity contribution < 1.29 is 13.5 Å². The first kappa shape index (κ1) is 18.1. The van der Waals surface area contributed by atoms with Crippen LogP contribution in [0.15, 0.2) is 23.1 Å². The summed E-state index contributed by atoms with van der Waals surface area (Å²) in [6.45, 7) is 3.14. The molecular weight excluding hydrogens is 288 g/mol. The van der Waals surface area contributed by atoms with E-state index in [4.69, 9.17) is 5.11 Å². The second kappa shape index (κ2) is 8.48. The monoisotopic (exact) mass is 314 g/mol. The van der Waals surface area contributed by atoms with Gasteiger partial charge in [0, 0.05) is 6.54 Å². The molecule has 0 saturated heterocycles. The number of rotatable bonds is 9. The first-order valence-electron chi connectivity index (χ1n) is 7.27. The average Bonchev–Trinajstić information content (AvgIpc) is 2.45. The number of hydrogen-bond acceptors (Lipinski definition) is 4. The summed E-state index contributed by atoms with van der Waals surface area (Å²) in [4.78, 5) is 2.36. The van der Waals surface area contributed by atoms with Gasteiger partial charge in [-0.1, -0.05) is 19.1 Å². The van der Waals surface area contributed by atoms with Crippen molar-refractivity contribution in [3.05, 3.63) is 29.3 Å². The molecule has 1 aromatic carbocycles. The van der Waals surface area contributed by atoms with Crippen LogP contribution in [0.5, 0.6) is 0 Å². The Morgan fingerprint density at radius 3 is 2.52 bits per heavy atom. The molecule has 0 unspecified atom stereocenters. The van der Waals surface area contributed by atoms with Crippen LogP contribution >= 0.6 is 0 Å². The molecule has 5 nitrogen and oxygen atoms in total. The van der Waals surface area contributed by atoms with Crippen molar-refractivity contribution in [2.75, 3.05) is 27.2 Å². The zero-order valence-corrected chi connectivity index (χ0v) is 13.9. The van der Waals surface area contributed by atoms with Crippen LogP contribution in [0, 0.1) is 0 Å². The minimum absolute atomic E-state index is 0.157. The van der Waals surface area contributed by atoms with Gasteiger partial charge in [-0.15, -0.1) is 0 Å². The van der Waals surface area contributed by atoms with Crippen molar-refractivity contribution >= 4 is 10.0 Å². The van der Waals surface area contributed by atoms with E-state index in [1.807, 2.05) is 21.0 Å². The summed E-state index contributed by atoms with van der Waals surface area (Å²) in [7, 11) is 0.485. The van der Waals surface area contributed by atoms with Gasteiger partial charge in [0.25, 0.3) is 0 Å². The van der Waals surface area contributed by atoms with E-state index in [1.54, 1.807) is 18.2 Å². The van der Waals surface area contributed by atoms with Gasteiger partial charge in [0.15, 0.2) is 0 Å². The molecule has 1 rings (SSSR count). The van der Waals surface area contributed by atoms with Crippen LogP contribution < -0.4 is 4.72 Å². The topological polar surface area (TPSA) is 69.6 Å². The van der Waals surface area contributed by atoms with Gasteiger partial charge < -0.3 is 10.0 Å². The molecule has 0 amide bonds. The Labute approximate surface area is 128 Å². The van der Waals surface area contributed by atoms with Crippen LogP contribution in [0.25, 0.3) is 0 Å². The Kier molecular flexibility index (Phi) is 7.31. The summed E-state index contributed by atoms with van der Waals surface area (Å²) in [6.07, 6.45) is 2.40. The lowest BCUT2D eigenvalue weighted by molar-refractivity contribution is 0.281. The molecule has 1 aromatic rings. The molecule has 0 bridgehead atoms. The fourth-order valence-corrected chi connectivity index (χ4v) is 3.51. The van der Waals surface area contributed by atoms with E-state index in [1.165, 1.54) is 0 Å². The largest absolute Gasteiger partial charge is 0.392 e. The molecule has 2 N–H and O–H groups in total. The number of hydrogen-bond donors (Lipinski definition) is 2. The lowest BCUT2D eigenvalue weighted by Gasteiger charge is -2.13. The molecule has 0 aromatic heterocycles. The zero-order valence-electron chi connectivity index (χ0n) is 13.1. The number of nitrogens with zero attached hydrogens (tertiary/aromatic N) is 1. The maximum absolute atomic E-state index is 12.4. The quantitative estimate of drug-likeness (QED) is 0.675. The fraction of sp³-hybridized carbons (Fsp3) is 0.600. The Morgan fingerprint density at radius 2 is 1.95 bits per heavy atom. The van der Waals surface area contributed by atoms with Crippen LogP contribution in [0.4, 0.5) is 0 Å². The average molecular weight is 314 g/mol. The number of aryl methyl sites for hydroxylation is 1. The summed E-state index contributed by atoms with van der Waals surface area (Å²) in [6, 6.07) is 5.09. The Bertz CT molecular complexity index is 542. The first-order chi connectivity index (χ1) is 9.90. The molecule has 0 spiro atoms. The van der Waals surface area contributed by atoms with Crippen LogP contribution in [-0.4, -0.2) is 45.6 Å². The molecule has 0 aliphatic rings. The van der Waals surface area contributed by atoms with Gasteiger partial charge >= 0.3 is 0 Å². The molecule has 6 heteroatoms. The number of aliphatic hydroxyl groups is 1. The Balaban J connectivity index is 2.73. The van der Waals surface area contributed by atoms with Gasteiger partial charge in [0.1, 0.15) is 0 Å².